The molecule has 0 aromatic heterocycles. The zero-order chi connectivity index (χ0) is 15.1. The standard InChI is InChI=1S/C7H8FNO.C7H6FNO/c2*8-6-1-2-7(9)5(3-6)4-10/h1-3,10H,4,9H2;1-4H,9H2. The Morgan fingerprint density at radius 1 is 1.00 bits per heavy atom. The van der Waals surface area contributed by atoms with Gasteiger partial charge in [-0.1, -0.05) is 0 Å². The summed E-state index contributed by atoms with van der Waals surface area (Å²) in [5.74, 6) is -0.824. The number of rotatable bonds is 2. The average Bonchev–Trinajstić information content (AvgIpc) is 2.44. The topological polar surface area (TPSA) is 89.3 Å². The molecule has 106 valence electrons. The maximum Gasteiger partial charge on any atom is 0.152 e. The lowest BCUT2D eigenvalue weighted by Gasteiger charge is -1.99. The van der Waals surface area contributed by atoms with Crippen LogP contribution in [0.4, 0.5) is 20.2 Å². The van der Waals surface area contributed by atoms with Gasteiger partial charge >= 0.3 is 0 Å². The van der Waals surface area contributed by atoms with Crippen LogP contribution in [-0.2, 0) is 6.61 Å². The molecular weight excluding hydrogens is 266 g/mol. The largest absolute Gasteiger partial charge is 0.398 e. The van der Waals surface area contributed by atoms with E-state index < -0.39 is 5.82 Å². The predicted molar refractivity (Wildman–Crippen MR) is 72.9 cm³/mol. The Morgan fingerprint density at radius 3 is 2.00 bits per heavy atom. The Morgan fingerprint density at radius 2 is 1.55 bits per heavy atom. The number of benzene rings is 2. The van der Waals surface area contributed by atoms with Crippen molar-refractivity contribution in [2.75, 3.05) is 11.5 Å². The maximum absolute atomic E-state index is 12.4. The second-order valence-corrected chi connectivity index (χ2v) is 3.89. The zero-order valence-electron chi connectivity index (χ0n) is 10.5. The SMILES string of the molecule is Nc1ccc(F)cc1C=O.Nc1ccc(F)cc1CO. The molecule has 5 N–H and O–H groups in total. The summed E-state index contributed by atoms with van der Waals surface area (Å²) >= 11 is 0. The van der Waals surface area contributed by atoms with E-state index in [1.165, 1.54) is 30.3 Å². The normalized spacial score (nSPS) is 9.55. The molecule has 20 heavy (non-hydrogen) atoms. The van der Waals surface area contributed by atoms with Gasteiger partial charge in [-0.05, 0) is 36.4 Å². The lowest BCUT2D eigenvalue weighted by molar-refractivity contribution is 0.112. The molecule has 0 bridgehead atoms. The molecule has 0 radical (unpaired) electrons. The van der Waals surface area contributed by atoms with Crippen molar-refractivity contribution in [3.63, 3.8) is 0 Å². The predicted octanol–water partition coefficient (Wildman–Crippen LogP) is 2.12. The number of hydrogen-bond donors (Lipinski definition) is 3. The number of halogens is 2. The van der Waals surface area contributed by atoms with E-state index in [-0.39, 0.29) is 18.0 Å². The van der Waals surface area contributed by atoms with Gasteiger partial charge in [-0.25, -0.2) is 8.78 Å². The Kier molecular flexibility index (Phi) is 5.61. The van der Waals surface area contributed by atoms with Crippen LogP contribution in [0.15, 0.2) is 36.4 Å². The van der Waals surface area contributed by atoms with E-state index in [4.69, 9.17) is 16.6 Å². The summed E-state index contributed by atoms with van der Waals surface area (Å²) in [4.78, 5) is 10.1. The van der Waals surface area contributed by atoms with Crippen molar-refractivity contribution in [2.24, 2.45) is 0 Å². The van der Waals surface area contributed by atoms with Gasteiger partial charge in [0.2, 0.25) is 0 Å². The molecule has 2 aromatic rings. The molecule has 0 fully saturated rings. The Bertz CT molecular complexity index is 604. The minimum atomic E-state index is -0.448. The summed E-state index contributed by atoms with van der Waals surface area (Å²) < 4.78 is 24.7. The van der Waals surface area contributed by atoms with E-state index in [0.717, 1.165) is 6.07 Å². The smallest absolute Gasteiger partial charge is 0.152 e. The van der Waals surface area contributed by atoms with Gasteiger partial charge in [-0.3, -0.25) is 4.79 Å². The van der Waals surface area contributed by atoms with Crippen molar-refractivity contribution in [1.82, 2.24) is 0 Å². The van der Waals surface area contributed by atoms with Crippen molar-refractivity contribution in [2.45, 2.75) is 6.61 Å². The number of aliphatic hydroxyl groups is 1. The third kappa shape index (κ3) is 4.33. The highest BCUT2D eigenvalue weighted by molar-refractivity contribution is 5.82. The highest BCUT2D eigenvalue weighted by Gasteiger charge is 1.98. The molecule has 0 aliphatic carbocycles. The third-order valence-electron chi connectivity index (χ3n) is 2.45. The van der Waals surface area contributed by atoms with Crippen LogP contribution >= 0.6 is 0 Å². The van der Waals surface area contributed by atoms with Crippen LogP contribution in [0.3, 0.4) is 0 Å². The van der Waals surface area contributed by atoms with Crippen LogP contribution < -0.4 is 11.5 Å². The van der Waals surface area contributed by atoms with Crippen LogP contribution in [-0.4, -0.2) is 11.4 Å². The van der Waals surface area contributed by atoms with Gasteiger partial charge in [-0.2, -0.15) is 0 Å². The van der Waals surface area contributed by atoms with Gasteiger partial charge in [0, 0.05) is 22.5 Å². The van der Waals surface area contributed by atoms with Crippen molar-refractivity contribution in [3.05, 3.63) is 59.2 Å². The van der Waals surface area contributed by atoms with Crippen LogP contribution in [0.5, 0.6) is 0 Å². The monoisotopic (exact) mass is 280 g/mol. The molecule has 0 aliphatic rings. The summed E-state index contributed by atoms with van der Waals surface area (Å²) in [6.45, 7) is -0.219. The van der Waals surface area contributed by atoms with Crippen LogP contribution in [0, 0.1) is 11.6 Å². The summed E-state index contributed by atoms with van der Waals surface area (Å²) in [6.07, 6.45) is 0.526. The Hall–Kier alpha value is -2.47. The summed E-state index contributed by atoms with van der Waals surface area (Å²) in [5, 5.41) is 8.60. The number of carbonyl (C=O) groups is 1. The fourth-order valence-corrected chi connectivity index (χ4v) is 1.36. The lowest BCUT2D eigenvalue weighted by atomic mass is 10.2. The van der Waals surface area contributed by atoms with E-state index in [1.807, 2.05) is 0 Å². The first-order valence-corrected chi connectivity index (χ1v) is 5.63. The first-order valence-electron chi connectivity index (χ1n) is 5.63. The fourth-order valence-electron chi connectivity index (χ4n) is 1.36. The van der Waals surface area contributed by atoms with E-state index in [9.17, 15) is 13.6 Å². The molecule has 0 saturated carbocycles. The second-order valence-electron chi connectivity index (χ2n) is 3.89. The molecule has 0 amide bonds. The molecule has 6 heteroatoms. The Balaban J connectivity index is 0.000000200. The van der Waals surface area contributed by atoms with E-state index in [0.29, 0.717) is 23.2 Å². The molecule has 0 atom stereocenters. The summed E-state index contributed by atoms with van der Waals surface area (Å²) in [5.41, 5.74) is 12.0. The number of aliphatic hydroxyl groups excluding tert-OH is 1. The fraction of sp³-hybridized carbons (Fsp3) is 0.0714. The molecule has 0 heterocycles. The number of nitrogen functional groups attached to an aromatic ring is 2. The van der Waals surface area contributed by atoms with Gasteiger partial charge in [0.15, 0.2) is 6.29 Å². The molecule has 0 spiro atoms. The number of hydrogen-bond acceptors (Lipinski definition) is 4. The summed E-state index contributed by atoms with van der Waals surface area (Å²) in [6, 6.07) is 7.58. The van der Waals surface area contributed by atoms with E-state index >= 15 is 0 Å². The van der Waals surface area contributed by atoms with Crippen molar-refractivity contribution in [3.8, 4) is 0 Å². The van der Waals surface area contributed by atoms with Gasteiger partial charge < -0.3 is 16.6 Å². The number of nitrogens with two attached hydrogens (primary N) is 2. The third-order valence-corrected chi connectivity index (χ3v) is 2.45. The second kappa shape index (κ2) is 7.20. The van der Waals surface area contributed by atoms with Crippen LogP contribution in [0.25, 0.3) is 0 Å². The molecular formula is C14H14F2N2O2. The number of aldehydes is 1. The molecule has 0 unspecified atom stereocenters. The molecule has 2 aromatic carbocycles. The minimum absolute atomic E-state index is 0.194. The van der Waals surface area contributed by atoms with Crippen molar-refractivity contribution >= 4 is 17.7 Å². The van der Waals surface area contributed by atoms with Gasteiger partial charge in [0.25, 0.3) is 0 Å². The van der Waals surface area contributed by atoms with Gasteiger partial charge in [0.1, 0.15) is 11.6 Å². The van der Waals surface area contributed by atoms with Crippen molar-refractivity contribution < 1.29 is 18.7 Å². The summed E-state index contributed by atoms with van der Waals surface area (Å²) in [7, 11) is 0. The van der Waals surface area contributed by atoms with Crippen LogP contribution in [0.1, 0.15) is 15.9 Å². The zero-order valence-corrected chi connectivity index (χ0v) is 10.5. The number of carbonyl (C=O) groups excluding carboxylic acids is 1. The molecule has 2 rings (SSSR count). The first-order chi connectivity index (χ1) is 9.47. The Labute approximate surface area is 114 Å². The highest BCUT2D eigenvalue weighted by Crippen LogP contribution is 2.12. The minimum Gasteiger partial charge on any atom is -0.398 e. The van der Waals surface area contributed by atoms with Crippen molar-refractivity contribution in [1.29, 1.82) is 0 Å². The molecule has 0 aliphatic heterocycles. The first kappa shape index (κ1) is 15.6. The lowest BCUT2D eigenvalue weighted by Crippen LogP contribution is -1.94. The van der Waals surface area contributed by atoms with E-state index in [2.05, 4.69) is 0 Å². The van der Waals surface area contributed by atoms with E-state index in [1.54, 1.807) is 0 Å². The van der Waals surface area contributed by atoms with Gasteiger partial charge in [-0.15, -0.1) is 0 Å². The maximum atomic E-state index is 12.4. The van der Waals surface area contributed by atoms with Crippen LogP contribution in [0.2, 0.25) is 0 Å². The quantitative estimate of drug-likeness (QED) is 0.580. The molecule has 4 nitrogen and oxygen atoms in total. The number of anilines is 2. The highest BCUT2D eigenvalue weighted by atomic mass is 19.1. The average molecular weight is 280 g/mol. The van der Waals surface area contributed by atoms with Gasteiger partial charge in [0.05, 0.1) is 6.61 Å². The molecule has 0 saturated heterocycles.